The van der Waals surface area contributed by atoms with Crippen LogP contribution in [0.3, 0.4) is 0 Å². The number of sulfonamides is 1. The number of benzene rings is 1. The van der Waals surface area contributed by atoms with Gasteiger partial charge in [-0.25, -0.2) is 13.1 Å². The molecule has 0 fully saturated rings. The highest BCUT2D eigenvalue weighted by atomic mass is 32.2. The highest BCUT2D eigenvalue weighted by molar-refractivity contribution is 7.92. The molecule has 1 aromatic heterocycles. The van der Waals surface area contributed by atoms with E-state index in [0.717, 1.165) is 17.0 Å². The maximum atomic E-state index is 11.8. The van der Waals surface area contributed by atoms with Gasteiger partial charge in [-0.05, 0) is 24.6 Å². The van der Waals surface area contributed by atoms with Crippen LogP contribution in [0.4, 0.5) is 0 Å². The predicted octanol–water partition coefficient (Wildman–Crippen LogP) is 1.86. The predicted molar refractivity (Wildman–Crippen MR) is 84.0 cm³/mol. The van der Waals surface area contributed by atoms with Crippen LogP contribution in [0.5, 0.6) is 0 Å². The number of hydrogen-bond acceptors (Lipinski definition) is 3. The molecule has 21 heavy (non-hydrogen) atoms. The van der Waals surface area contributed by atoms with Gasteiger partial charge in [0.2, 0.25) is 10.0 Å². The molecule has 0 bridgehead atoms. The summed E-state index contributed by atoms with van der Waals surface area (Å²) in [5, 5.41) is 5.47. The molecule has 0 saturated heterocycles. The van der Waals surface area contributed by atoms with Crippen molar-refractivity contribution in [1.29, 1.82) is 0 Å². The Morgan fingerprint density at radius 1 is 1.29 bits per heavy atom. The standard InChI is InChI=1S/C15H19N3O2S/c1-13-12-15(17-18(13)2)8-10-16-21(19,20)11-9-14-6-4-3-5-7-14/h3-7,9,11-12,16H,8,10H2,1-2H3. The van der Waals surface area contributed by atoms with Crippen LogP contribution in [0.25, 0.3) is 6.08 Å². The number of rotatable bonds is 6. The highest BCUT2D eigenvalue weighted by Gasteiger charge is 2.06. The highest BCUT2D eigenvalue weighted by Crippen LogP contribution is 2.04. The van der Waals surface area contributed by atoms with Gasteiger partial charge in [0.15, 0.2) is 0 Å². The van der Waals surface area contributed by atoms with Crippen molar-refractivity contribution in [2.45, 2.75) is 13.3 Å². The molecule has 0 aliphatic carbocycles. The zero-order chi connectivity index (χ0) is 15.3. The van der Waals surface area contributed by atoms with E-state index in [1.165, 1.54) is 5.41 Å². The van der Waals surface area contributed by atoms with Gasteiger partial charge >= 0.3 is 0 Å². The maximum absolute atomic E-state index is 11.8. The molecule has 0 saturated carbocycles. The first-order valence-electron chi connectivity index (χ1n) is 6.68. The zero-order valence-electron chi connectivity index (χ0n) is 12.2. The summed E-state index contributed by atoms with van der Waals surface area (Å²) in [5.41, 5.74) is 2.78. The van der Waals surface area contributed by atoms with Gasteiger partial charge < -0.3 is 0 Å². The third kappa shape index (κ3) is 4.84. The number of nitrogens with one attached hydrogen (secondary N) is 1. The molecule has 112 valence electrons. The van der Waals surface area contributed by atoms with E-state index < -0.39 is 10.0 Å². The Labute approximate surface area is 125 Å². The first-order valence-corrected chi connectivity index (χ1v) is 8.23. The second-order valence-electron chi connectivity index (χ2n) is 4.80. The van der Waals surface area contributed by atoms with E-state index in [-0.39, 0.29) is 0 Å². The van der Waals surface area contributed by atoms with E-state index in [2.05, 4.69) is 9.82 Å². The maximum Gasteiger partial charge on any atom is 0.233 e. The monoisotopic (exact) mass is 305 g/mol. The fourth-order valence-corrected chi connectivity index (χ4v) is 2.68. The fourth-order valence-electron chi connectivity index (χ4n) is 1.86. The van der Waals surface area contributed by atoms with Gasteiger partial charge in [0.25, 0.3) is 0 Å². The Morgan fingerprint density at radius 3 is 2.62 bits per heavy atom. The van der Waals surface area contributed by atoms with Crippen LogP contribution in [-0.2, 0) is 23.5 Å². The van der Waals surface area contributed by atoms with Crippen molar-refractivity contribution in [3.05, 3.63) is 58.8 Å². The third-order valence-corrected chi connectivity index (χ3v) is 4.19. The van der Waals surface area contributed by atoms with Gasteiger partial charge in [0.05, 0.1) is 5.69 Å². The lowest BCUT2D eigenvalue weighted by molar-refractivity contribution is 0.590. The molecule has 0 aliphatic heterocycles. The van der Waals surface area contributed by atoms with Crippen molar-refractivity contribution in [3.8, 4) is 0 Å². The topological polar surface area (TPSA) is 64.0 Å². The second kappa shape index (κ2) is 6.69. The number of nitrogens with zero attached hydrogens (tertiary/aromatic N) is 2. The molecule has 0 atom stereocenters. The van der Waals surface area contributed by atoms with Crippen LogP contribution in [0, 0.1) is 6.92 Å². The minimum Gasteiger partial charge on any atom is -0.273 e. The van der Waals surface area contributed by atoms with Crippen molar-refractivity contribution in [2.24, 2.45) is 7.05 Å². The van der Waals surface area contributed by atoms with Gasteiger partial charge in [-0.2, -0.15) is 5.10 Å². The summed E-state index contributed by atoms with van der Waals surface area (Å²) in [4.78, 5) is 0. The van der Waals surface area contributed by atoms with E-state index in [1.807, 2.05) is 50.4 Å². The normalized spacial score (nSPS) is 12.1. The fraction of sp³-hybridized carbons (Fsp3) is 0.267. The minimum atomic E-state index is -3.42. The molecule has 2 aromatic rings. The van der Waals surface area contributed by atoms with Crippen LogP contribution in [0.15, 0.2) is 41.8 Å². The molecule has 0 amide bonds. The number of hydrogen-bond donors (Lipinski definition) is 1. The van der Waals surface area contributed by atoms with Crippen LogP contribution in [-0.4, -0.2) is 24.7 Å². The van der Waals surface area contributed by atoms with Crippen LogP contribution < -0.4 is 4.72 Å². The van der Waals surface area contributed by atoms with E-state index in [4.69, 9.17) is 0 Å². The van der Waals surface area contributed by atoms with Crippen molar-refractivity contribution in [2.75, 3.05) is 6.54 Å². The summed E-state index contributed by atoms with van der Waals surface area (Å²) < 4.78 is 28.0. The Morgan fingerprint density at radius 2 is 2.00 bits per heavy atom. The molecular formula is C15H19N3O2S. The summed E-state index contributed by atoms with van der Waals surface area (Å²) in [6.45, 7) is 2.29. The van der Waals surface area contributed by atoms with Crippen LogP contribution >= 0.6 is 0 Å². The number of aromatic nitrogens is 2. The largest absolute Gasteiger partial charge is 0.273 e. The minimum absolute atomic E-state index is 0.331. The lowest BCUT2D eigenvalue weighted by atomic mass is 10.2. The molecule has 0 radical (unpaired) electrons. The molecule has 2 rings (SSSR count). The average Bonchev–Trinajstić information content (AvgIpc) is 2.76. The molecule has 0 unspecified atom stereocenters. The van der Waals surface area contributed by atoms with Gasteiger partial charge in [-0.15, -0.1) is 0 Å². The van der Waals surface area contributed by atoms with Crippen molar-refractivity contribution < 1.29 is 8.42 Å². The molecule has 6 heteroatoms. The van der Waals surface area contributed by atoms with Gasteiger partial charge in [-0.3, -0.25) is 4.68 Å². The molecular weight excluding hydrogens is 286 g/mol. The Bertz CT molecular complexity index is 699. The summed E-state index contributed by atoms with van der Waals surface area (Å²) >= 11 is 0. The van der Waals surface area contributed by atoms with Crippen molar-refractivity contribution in [3.63, 3.8) is 0 Å². The number of aryl methyl sites for hydroxylation is 2. The molecule has 1 N–H and O–H groups in total. The molecule has 0 aliphatic rings. The second-order valence-corrected chi connectivity index (χ2v) is 6.45. The first kappa shape index (κ1) is 15.5. The summed E-state index contributed by atoms with van der Waals surface area (Å²) in [6.07, 6.45) is 2.15. The molecule has 1 aromatic carbocycles. The smallest absolute Gasteiger partial charge is 0.233 e. The molecule has 1 heterocycles. The summed E-state index contributed by atoms with van der Waals surface area (Å²) in [6, 6.07) is 11.3. The van der Waals surface area contributed by atoms with Crippen molar-refractivity contribution in [1.82, 2.24) is 14.5 Å². The average molecular weight is 305 g/mol. The van der Waals surface area contributed by atoms with E-state index in [0.29, 0.717) is 13.0 Å². The van der Waals surface area contributed by atoms with Gasteiger partial charge in [0.1, 0.15) is 0 Å². The molecule has 0 spiro atoms. The quantitative estimate of drug-likeness (QED) is 0.886. The SMILES string of the molecule is Cc1cc(CCNS(=O)(=O)C=Cc2ccccc2)nn1C. The Kier molecular flexibility index (Phi) is 4.93. The first-order chi connectivity index (χ1) is 9.96. The van der Waals surface area contributed by atoms with Crippen molar-refractivity contribution >= 4 is 16.1 Å². The third-order valence-electron chi connectivity index (χ3n) is 3.09. The summed E-state index contributed by atoms with van der Waals surface area (Å²) in [7, 11) is -1.55. The van der Waals surface area contributed by atoms with Gasteiger partial charge in [0, 0.05) is 31.1 Å². The lowest BCUT2D eigenvalue weighted by Gasteiger charge is -2.01. The Balaban J connectivity index is 1.88. The summed E-state index contributed by atoms with van der Waals surface area (Å²) in [5.74, 6) is 0. The van der Waals surface area contributed by atoms with E-state index in [9.17, 15) is 8.42 Å². The lowest BCUT2D eigenvalue weighted by Crippen LogP contribution is -2.23. The zero-order valence-corrected chi connectivity index (χ0v) is 13.0. The van der Waals surface area contributed by atoms with E-state index >= 15 is 0 Å². The Hall–Kier alpha value is -1.92. The molecule has 5 nitrogen and oxygen atoms in total. The van der Waals surface area contributed by atoms with Crippen LogP contribution in [0.1, 0.15) is 17.0 Å². The van der Waals surface area contributed by atoms with E-state index in [1.54, 1.807) is 10.8 Å². The van der Waals surface area contributed by atoms with Crippen LogP contribution in [0.2, 0.25) is 0 Å². The van der Waals surface area contributed by atoms with Gasteiger partial charge in [-0.1, -0.05) is 30.3 Å².